The van der Waals surface area contributed by atoms with E-state index in [-0.39, 0.29) is 17.6 Å². The molecule has 4 nitrogen and oxygen atoms in total. The highest BCUT2D eigenvalue weighted by molar-refractivity contribution is 9.10. The van der Waals surface area contributed by atoms with Gasteiger partial charge in [-0.25, -0.2) is 4.39 Å². The summed E-state index contributed by atoms with van der Waals surface area (Å²) in [7, 11) is 0.189. The molecule has 0 aromatic heterocycles. The molecule has 1 saturated heterocycles. The maximum absolute atomic E-state index is 13.2. The lowest BCUT2D eigenvalue weighted by Crippen LogP contribution is -2.49. The van der Waals surface area contributed by atoms with Crippen LogP contribution in [-0.2, 0) is 20.3 Å². The Kier molecular flexibility index (Phi) is 4.70. The third-order valence-electron chi connectivity index (χ3n) is 2.94. The quantitative estimate of drug-likeness (QED) is 0.822. The van der Waals surface area contributed by atoms with E-state index >= 15 is 0 Å². The second kappa shape index (κ2) is 6.11. The predicted octanol–water partition coefficient (Wildman–Crippen LogP) is 1.52. The highest BCUT2D eigenvalue weighted by Crippen LogP contribution is 2.24. The summed E-state index contributed by atoms with van der Waals surface area (Å²) < 4.78 is 30.0. The number of carbonyl (C=O) groups is 1. The van der Waals surface area contributed by atoms with Crippen LogP contribution in [0, 0.1) is 5.82 Å². The van der Waals surface area contributed by atoms with Gasteiger partial charge in [-0.05, 0) is 33.6 Å². The Morgan fingerprint density at radius 2 is 2.26 bits per heavy atom. The summed E-state index contributed by atoms with van der Waals surface area (Å²) in [4.78, 5) is 11.5. The molecule has 1 aliphatic heterocycles. The molecule has 0 amide bonds. The first-order chi connectivity index (χ1) is 9.01. The third kappa shape index (κ3) is 3.40. The van der Waals surface area contributed by atoms with Crippen molar-refractivity contribution in [3.63, 3.8) is 0 Å². The minimum absolute atomic E-state index is 0.242. The van der Waals surface area contributed by atoms with Crippen LogP contribution in [0.3, 0.4) is 0 Å². The van der Waals surface area contributed by atoms with E-state index in [0.717, 1.165) is 5.56 Å². The second-order valence-corrected chi connectivity index (χ2v) is 6.64. The zero-order chi connectivity index (χ0) is 14.0. The highest BCUT2D eigenvalue weighted by atomic mass is 79.9. The first-order valence-electron chi connectivity index (χ1n) is 5.65. The number of nitrogens with one attached hydrogen (secondary N) is 1. The van der Waals surface area contributed by atoms with Gasteiger partial charge in [-0.3, -0.25) is 14.3 Å². The van der Waals surface area contributed by atoms with Crippen molar-refractivity contribution >= 4 is 32.7 Å². The molecule has 0 aliphatic carbocycles. The molecule has 0 saturated carbocycles. The predicted molar refractivity (Wildman–Crippen MR) is 73.7 cm³/mol. The van der Waals surface area contributed by atoms with Crippen LogP contribution in [0.4, 0.5) is 4.39 Å². The van der Waals surface area contributed by atoms with Gasteiger partial charge in [-0.2, -0.15) is 0 Å². The second-order valence-electron chi connectivity index (χ2n) is 4.24. The van der Waals surface area contributed by atoms with Crippen LogP contribution in [0.15, 0.2) is 22.7 Å². The van der Waals surface area contributed by atoms with Crippen molar-refractivity contribution in [1.82, 2.24) is 5.32 Å². The third-order valence-corrected chi connectivity index (χ3v) is 4.96. The molecule has 0 spiro atoms. The number of benzene rings is 1. The van der Waals surface area contributed by atoms with E-state index in [2.05, 4.69) is 26.0 Å². The smallest absolute Gasteiger partial charge is 0.323 e. The number of hydrogen-bond donors (Lipinski definition) is 1. The summed E-state index contributed by atoms with van der Waals surface area (Å²) in [6.07, 6.45) is 0. The molecular weight excluding hydrogens is 337 g/mol. The van der Waals surface area contributed by atoms with E-state index in [9.17, 15) is 13.4 Å². The van der Waals surface area contributed by atoms with Crippen molar-refractivity contribution in [1.29, 1.82) is 0 Å². The number of esters is 1. The van der Waals surface area contributed by atoms with E-state index in [4.69, 9.17) is 0 Å². The number of carbonyl (C=O) groups excluding carboxylic acids is 1. The SMILES string of the molecule is COC(=O)C1CS(=O)CC(c2ccc(F)c(Br)c2)N1. The van der Waals surface area contributed by atoms with Gasteiger partial charge in [0.05, 0.1) is 11.6 Å². The zero-order valence-electron chi connectivity index (χ0n) is 10.2. The Morgan fingerprint density at radius 1 is 1.53 bits per heavy atom. The Balaban J connectivity index is 2.21. The number of methoxy groups -OCH3 is 1. The van der Waals surface area contributed by atoms with Crippen molar-refractivity contribution in [3.8, 4) is 0 Å². The maximum Gasteiger partial charge on any atom is 0.323 e. The Morgan fingerprint density at radius 3 is 2.89 bits per heavy atom. The van der Waals surface area contributed by atoms with Gasteiger partial charge >= 0.3 is 5.97 Å². The van der Waals surface area contributed by atoms with E-state index < -0.39 is 22.8 Å². The van der Waals surface area contributed by atoms with Gasteiger partial charge in [0.1, 0.15) is 11.9 Å². The molecule has 1 heterocycles. The largest absolute Gasteiger partial charge is 0.468 e. The molecule has 3 unspecified atom stereocenters. The standard InChI is InChI=1S/C12H13BrFNO3S/c1-18-12(16)11-6-19(17)5-10(15-11)7-2-3-9(14)8(13)4-7/h2-4,10-11,15H,5-6H2,1H3. The van der Waals surface area contributed by atoms with Crippen LogP contribution in [0.25, 0.3) is 0 Å². The van der Waals surface area contributed by atoms with Crippen LogP contribution in [0.2, 0.25) is 0 Å². The molecule has 2 rings (SSSR count). The van der Waals surface area contributed by atoms with Gasteiger partial charge in [-0.1, -0.05) is 6.07 Å². The molecule has 1 fully saturated rings. The fourth-order valence-electron chi connectivity index (χ4n) is 1.98. The van der Waals surface area contributed by atoms with Crippen molar-refractivity contribution < 1.29 is 18.1 Å². The number of hydrogen-bond acceptors (Lipinski definition) is 4. The lowest BCUT2D eigenvalue weighted by molar-refractivity contribution is -0.142. The van der Waals surface area contributed by atoms with Crippen molar-refractivity contribution in [3.05, 3.63) is 34.1 Å². The molecule has 0 bridgehead atoms. The summed E-state index contributed by atoms with van der Waals surface area (Å²) in [6, 6.07) is 3.74. The van der Waals surface area contributed by atoms with Gasteiger partial charge in [0.25, 0.3) is 0 Å². The molecule has 1 aromatic rings. The molecule has 1 N–H and O–H groups in total. The first-order valence-corrected chi connectivity index (χ1v) is 7.93. The van der Waals surface area contributed by atoms with E-state index in [1.54, 1.807) is 12.1 Å². The lowest BCUT2D eigenvalue weighted by Gasteiger charge is -2.29. The lowest BCUT2D eigenvalue weighted by atomic mass is 10.1. The summed E-state index contributed by atoms with van der Waals surface area (Å²) in [5.41, 5.74) is 0.787. The summed E-state index contributed by atoms with van der Waals surface area (Å²) in [5.74, 6) is -0.152. The van der Waals surface area contributed by atoms with Gasteiger partial charge in [0.15, 0.2) is 0 Å². The number of rotatable bonds is 2. The monoisotopic (exact) mass is 349 g/mol. The van der Waals surface area contributed by atoms with Crippen LogP contribution in [0.1, 0.15) is 11.6 Å². The molecule has 0 radical (unpaired) electrons. The topological polar surface area (TPSA) is 55.4 Å². The Bertz CT molecular complexity index is 526. The fourth-order valence-corrected chi connectivity index (χ4v) is 3.78. The minimum atomic E-state index is -1.11. The molecule has 7 heteroatoms. The summed E-state index contributed by atoms with van der Waals surface area (Å²) in [5, 5.41) is 3.09. The molecule has 1 aromatic carbocycles. The number of ether oxygens (including phenoxy) is 1. The average molecular weight is 350 g/mol. The molecule has 19 heavy (non-hydrogen) atoms. The van der Waals surface area contributed by atoms with E-state index in [1.165, 1.54) is 13.2 Å². The summed E-state index contributed by atoms with van der Waals surface area (Å²) in [6.45, 7) is 0. The van der Waals surface area contributed by atoms with Crippen molar-refractivity contribution in [2.45, 2.75) is 12.1 Å². The van der Waals surface area contributed by atoms with Gasteiger partial charge in [0, 0.05) is 28.3 Å². The molecule has 3 atom stereocenters. The Labute approximate surface area is 121 Å². The molecule has 1 aliphatic rings. The van der Waals surface area contributed by atoms with Crippen molar-refractivity contribution in [2.24, 2.45) is 0 Å². The first kappa shape index (κ1) is 14.6. The summed E-state index contributed by atoms with van der Waals surface area (Å²) >= 11 is 3.12. The van der Waals surface area contributed by atoms with E-state index in [0.29, 0.717) is 10.2 Å². The van der Waals surface area contributed by atoms with E-state index in [1.807, 2.05) is 0 Å². The Hall–Kier alpha value is -0.790. The zero-order valence-corrected chi connectivity index (χ0v) is 12.6. The van der Waals surface area contributed by atoms with Gasteiger partial charge in [0.2, 0.25) is 0 Å². The average Bonchev–Trinajstić information content (AvgIpc) is 2.40. The van der Waals surface area contributed by atoms with Crippen LogP contribution in [0.5, 0.6) is 0 Å². The normalized spacial score (nSPS) is 27.0. The molecule has 104 valence electrons. The minimum Gasteiger partial charge on any atom is -0.468 e. The molecular formula is C12H13BrFNO3S. The highest BCUT2D eigenvalue weighted by Gasteiger charge is 2.32. The van der Waals surface area contributed by atoms with Crippen molar-refractivity contribution in [2.75, 3.05) is 18.6 Å². The van der Waals surface area contributed by atoms with Gasteiger partial charge in [-0.15, -0.1) is 0 Å². The van der Waals surface area contributed by atoms with Crippen LogP contribution >= 0.6 is 15.9 Å². The fraction of sp³-hybridized carbons (Fsp3) is 0.417. The van der Waals surface area contributed by atoms with Crippen LogP contribution < -0.4 is 5.32 Å². The van der Waals surface area contributed by atoms with Gasteiger partial charge < -0.3 is 4.74 Å². The maximum atomic E-state index is 13.2. The van der Waals surface area contributed by atoms with Crippen LogP contribution in [-0.4, -0.2) is 34.8 Å². The number of halogens is 2.